The lowest BCUT2D eigenvalue weighted by atomic mass is 9.68. The third-order valence-electron chi connectivity index (χ3n) is 12.5. The first kappa shape index (κ1) is 46.3. The highest BCUT2D eigenvalue weighted by molar-refractivity contribution is 5.71. The highest BCUT2D eigenvalue weighted by Gasteiger charge is 2.42. The highest BCUT2D eigenvalue weighted by atomic mass is 19.3. The number of aryl methyl sites for hydroxylation is 1. The van der Waals surface area contributed by atoms with Crippen molar-refractivity contribution in [2.75, 3.05) is 0 Å². The van der Waals surface area contributed by atoms with Crippen LogP contribution in [-0.2, 0) is 6.11 Å². The summed E-state index contributed by atoms with van der Waals surface area (Å²) < 4.78 is 172. The molecular formula is C51H46F12O. The van der Waals surface area contributed by atoms with E-state index in [0.717, 1.165) is 59.9 Å². The first-order valence-corrected chi connectivity index (χ1v) is 20.9. The van der Waals surface area contributed by atoms with Gasteiger partial charge in [-0.05, 0) is 133 Å². The zero-order valence-electron chi connectivity index (χ0n) is 34.6. The van der Waals surface area contributed by atoms with Gasteiger partial charge in [0, 0.05) is 26.1 Å². The summed E-state index contributed by atoms with van der Waals surface area (Å²) in [6.07, 6.45) is 5.18. The van der Waals surface area contributed by atoms with Gasteiger partial charge in [-0.2, -0.15) is 8.78 Å². The van der Waals surface area contributed by atoms with E-state index in [0.29, 0.717) is 29.2 Å². The molecule has 0 heterocycles. The minimum atomic E-state index is -4.74. The van der Waals surface area contributed by atoms with Crippen molar-refractivity contribution >= 4 is 0 Å². The number of rotatable bonds is 8. The van der Waals surface area contributed by atoms with E-state index in [4.69, 9.17) is 0 Å². The molecule has 64 heavy (non-hydrogen) atoms. The van der Waals surface area contributed by atoms with E-state index in [2.05, 4.69) is 11.7 Å². The maximum absolute atomic E-state index is 14.8. The molecule has 13 heteroatoms. The average molecular weight is 903 g/mol. The molecule has 0 spiro atoms. The van der Waals surface area contributed by atoms with Crippen molar-refractivity contribution < 1.29 is 60.3 Å². The van der Waals surface area contributed by atoms with E-state index < -0.39 is 75.6 Å². The van der Waals surface area contributed by atoms with Gasteiger partial charge in [-0.3, -0.25) is 0 Å². The van der Waals surface area contributed by atoms with Crippen LogP contribution in [-0.4, -0.2) is 0 Å². The van der Waals surface area contributed by atoms with Crippen molar-refractivity contribution in [1.29, 1.82) is 0 Å². The molecule has 0 N–H and O–H groups in total. The first-order chi connectivity index (χ1) is 30.4. The summed E-state index contributed by atoms with van der Waals surface area (Å²) in [7, 11) is 0. The fourth-order valence-electron chi connectivity index (χ4n) is 8.88. The van der Waals surface area contributed by atoms with Crippen LogP contribution >= 0.6 is 0 Å². The van der Waals surface area contributed by atoms with Gasteiger partial charge in [0.15, 0.2) is 34.9 Å². The number of hydrogen-bond acceptors (Lipinski definition) is 1. The number of benzene rings is 6. The van der Waals surface area contributed by atoms with Gasteiger partial charge in [0.05, 0.1) is 0 Å². The predicted octanol–water partition coefficient (Wildman–Crippen LogP) is 16.8. The Hall–Kier alpha value is -5.72. The van der Waals surface area contributed by atoms with Gasteiger partial charge in [0.25, 0.3) is 0 Å². The van der Waals surface area contributed by atoms with Crippen molar-refractivity contribution in [2.45, 2.75) is 77.2 Å². The molecule has 0 radical (unpaired) electrons. The Bertz CT molecular complexity index is 2570. The van der Waals surface area contributed by atoms with Gasteiger partial charge < -0.3 is 4.74 Å². The number of alkyl halides is 2. The van der Waals surface area contributed by atoms with Crippen LogP contribution in [0.5, 0.6) is 5.75 Å². The van der Waals surface area contributed by atoms with E-state index >= 15 is 0 Å². The van der Waals surface area contributed by atoms with Crippen LogP contribution in [0.1, 0.15) is 83.8 Å². The first-order valence-electron chi connectivity index (χ1n) is 20.9. The van der Waals surface area contributed by atoms with E-state index in [-0.39, 0.29) is 37.2 Å². The molecule has 6 aromatic carbocycles. The lowest BCUT2D eigenvalue weighted by Gasteiger charge is -2.37. The SMILES string of the molecule is CC1CCC(C2CCC(c3ccc(-c4cc(F)c(F)c(F)c4)c(F)c3)CC2)CC1.Cc1ccc(-c2ccc(-c3cc(F)c(C(F)(F)Oc4cc(F)c(F)c(F)c4)c(F)c3)c(F)c2)cc1.[HH].[HH]. The third kappa shape index (κ3) is 10.3. The van der Waals surface area contributed by atoms with Gasteiger partial charge in [-0.15, -0.1) is 0 Å². The van der Waals surface area contributed by atoms with Crippen LogP contribution in [0.15, 0.2) is 97.1 Å². The third-order valence-corrected chi connectivity index (χ3v) is 12.5. The Morgan fingerprint density at radius 2 is 0.875 bits per heavy atom. The van der Waals surface area contributed by atoms with Crippen LogP contribution in [0.4, 0.5) is 52.7 Å². The van der Waals surface area contributed by atoms with Crippen molar-refractivity contribution in [3.8, 4) is 39.1 Å². The van der Waals surface area contributed by atoms with E-state index in [9.17, 15) is 52.7 Å². The summed E-state index contributed by atoms with van der Waals surface area (Å²) in [4.78, 5) is 0. The van der Waals surface area contributed by atoms with Gasteiger partial charge in [0.2, 0.25) is 0 Å². The molecule has 340 valence electrons. The predicted molar refractivity (Wildman–Crippen MR) is 225 cm³/mol. The standard InChI is InChI=1S/C26H14F8O.C25H28F4.2H2/c1-13-2-4-14(5-3-13)15-6-7-18(19(27)8-15)16-9-20(28)24(21(29)10-16)26(33,34)35-17-11-22(30)25(32)23(31)12-17;1-15-2-4-16(5-3-15)17-6-8-18(9-7-17)19-10-11-21(22(26)12-19)20-13-23(27)25(29)24(28)14-20;;/h2-12H,1H3;10-18H,2-9H2,1H3;2*1H. The van der Waals surface area contributed by atoms with Crippen molar-refractivity contribution in [3.63, 3.8) is 0 Å². The smallest absolute Gasteiger partial charge is 0.429 e. The molecule has 0 bridgehead atoms. The normalized spacial score (nSPS) is 18.9. The van der Waals surface area contributed by atoms with Crippen LogP contribution in [0, 0.1) is 82.8 Å². The fourth-order valence-corrected chi connectivity index (χ4v) is 8.88. The summed E-state index contributed by atoms with van der Waals surface area (Å²) in [5, 5.41) is 0. The van der Waals surface area contributed by atoms with Crippen LogP contribution in [0.3, 0.4) is 0 Å². The second-order valence-electron chi connectivity index (χ2n) is 16.8. The zero-order valence-corrected chi connectivity index (χ0v) is 34.6. The second kappa shape index (κ2) is 19.2. The monoisotopic (exact) mass is 902 g/mol. The fraction of sp³-hybridized carbons (Fsp3) is 0.294. The molecule has 2 aliphatic carbocycles. The Labute approximate surface area is 365 Å². The summed E-state index contributed by atoms with van der Waals surface area (Å²) >= 11 is 0. The molecule has 2 fully saturated rings. The van der Waals surface area contributed by atoms with E-state index in [1.54, 1.807) is 18.2 Å². The minimum absolute atomic E-state index is 0. The van der Waals surface area contributed by atoms with Crippen molar-refractivity contribution in [2.24, 2.45) is 17.8 Å². The summed E-state index contributed by atoms with van der Waals surface area (Å²) in [6.45, 7) is 4.23. The quantitative estimate of drug-likeness (QED) is 0.109. The van der Waals surface area contributed by atoms with Crippen LogP contribution in [0.2, 0.25) is 0 Å². The molecule has 6 aromatic rings. The molecule has 0 aliphatic heterocycles. The average Bonchev–Trinajstić information content (AvgIpc) is 3.25. The highest BCUT2D eigenvalue weighted by Crippen LogP contribution is 2.45. The van der Waals surface area contributed by atoms with E-state index in [1.807, 2.05) is 25.1 Å². The second-order valence-corrected chi connectivity index (χ2v) is 16.8. The molecule has 0 unspecified atom stereocenters. The minimum Gasteiger partial charge on any atom is -0.429 e. The molecular weight excluding hydrogens is 857 g/mol. The molecule has 0 aromatic heterocycles. The Morgan fingerprint density at radius 3 is 1.38 bits per heavy atom. The van der Waals surface area contributed by atoms with E-state index in [1.165, 1.54) is 56.7 Å². The Kier molecular flexibility index (Phi) is 13.9. The van der Waals surface area contributed by atoms with Crippen LogP contribution in [0.25, 0.3) is 33.4 Å². The summed E-state index contributed by atoms with van der Waals surface area (Å²) in [5.74, 6) is -13.1. The van der Waals surface area contributed by atoms with Crippen LogP contribution < -0.4 is 4.74 Å². The molecule has 2 aliphatic rings. The molecule has 2 saturated carbocycles. The lowest BCUT2D eigenvalue weighted by molar-refractivity contribution is -0.189. The number of ether oxygens (including phenoxy) is 1. The topological polar surface area (TPSA) is 9.23 Å². The largest absolute Gasteiger partial charge is 0.432 e. The molecule has 0 atom stereocenters. The van der Waals surface area contributed by atoms with Crippen molar-refractivity contribution in [1.82, 2.24) is 0 Å². The molecule has 0 amide bonds. The Morgan fingerprint density at radius 1 is 0.453 bits per heavy atom. The summed E-state index contributed by atoms with van der Waals surface area (Å²) in [6, 6.07) is 18.8. The van der Waals surface area contributed by atoms with Gasteiger partial charge >= 0.3 is 6.11 Å². The summed E-state index contributed by atoms with van der Waals surface area (Å²) in [5.41, 5.74) is 0.739. The molecule has 8 rings (SSSR count). The molecule has 0 saturated heterocycles. The number of halogens is 12. The van der Waals surface area contributed by atoms with Gasteiger partial charge in [-0.1, -0.05) is 73.9 Å². The lowest BCUT2D eigenvalue weighted by Crippen LogP contribution is -2.25. The van der Waals surface area contributed by atoms with Crippen molar-refractivity contribution in [3.05, 3.63) is 172 Å². The van der Waals surface area contributed by atoms with Gasteiger partial charge in [0.1, 0.15) is 34.6 Å². The molecule has 1 nitrogen and oxygen atoms in total. The number of hydrogen-bond donors (Lipinski definition) is 0. The maximum atomic E-state index is 14.8. The maximum Gasteiger partial charge on any atom is 0.432 e. The zero-order chi connectivity index (χ0) is 46.0. The Balaban J connectivity index is 0.000000244. The van der Waals surface area contributed by atoms with Gasteiger partial charge in [-0.25, -0.2) is 43.9 Å².